The molecular weight excluding hydrogens is 358 g/mol. The maximum atomic E-state index is 12.1. The van der Waals surface area contributed by atoms with Crippen LogP contribution in [0.1, 0.15) is 5.56 Å². The van der Waals surface area contributed by atoms with Gasteiger partial charge in [-0.3, -0.25) is 14.9 Å². The zero-order chi connectivity index (χ0) is 19.3. The van der Waals surface area contributed by atoms with Crippen molar-refractivity contribution in [3.05, 3.63) is 70.3 Å². The number of benzene rings is 2. The molecular formula is C17H17N3O5S. The Kier molecular flexibility index (Phi) is 5.86. The van der Waals surface area contributed by atoms with E-state index in [-0.39, 0.29) is 10.6 Å². The number of hydrogen-bond acceptors (Lipinski definition) is 5. The Balaban J connectivity index is 2.09. The summed E-state index contributed by atoms with van der Waals surface area (Å²) in [7, 11) is -0.744. The van der Waals surface area contributed by atoms with Crippen molar-refractivity contribution in [1.82, 2.24) is 4.31 Å². The first-order valence-electron chi connectivity index (χ1n) is 7.46. The van der Waals surface area contributed by atoms with Crippen molar-refractivity contribution in [2.45, 2.75) is 4.90 Å². The Morgan fingerprint density at radius 3 is 2.38 bits per heavy atom. The average Bonchev–Trinajstić information content (AvgIpc) is 2.60. The second kappa shape index (κ2) is 7.89. The minimum Gasteiger partial charge on any atom is -0.322 e. The molecule has 1 amide bonds. The van der Waals surface area contributed by atoms with Crippen LogP contribution in [-0.2, 0) is 14.8 Å². The van der Waals surface area contributed by atoms with Crippen LogP contribution in [0.2, 0.25) is 0 Å². The maximum absolute atomic E-state index is 12.1. The van der Waals surface area contributed by atoms with Crippen molar-refractivity contribution >= 4 is 33.4 Å². The lowest BCUT2D eigenvalue weighted by atomic mass is 10.2. The van der Waals surface area contributed by atoms with Gasteiger partial charge in [-0.25, -0.2) is 12.7 Å². The first-order valence-corrected chi connectivity index (χ1v) is 8.90. The number of nitro groups is 1. The zero-order valence-corrected chi connectivity index (χ0v) is 14.9. The summed E-state index contributed by atoms with van der Waals surface area (Å²) in [6.45, 7) is 0. The lowest BCUT2D eigenvalue weighted by Gasteiger charge is -2.12. The number of carbonyl (C=O) groups excluding carboxylic acids is 1. The fourth-order valence-corrected chi connectivity index (χ4v) is 2.96. The lowest BCUT2D eigenvalue weighted by Crippen LogP contribution is -2.22. The molecule has 0 aliphatic rings. The highest BCUT2D eigenvalue weighted by Gasteiger charge is 2.17. The number of non-ortho nitro benzene ring substituents is 1. The molecule has 0 aliphatic heterocycles. The second-order valence-electron chi connectivity index (χ2n) is 5.49. The van der Waals surface area contributed by atoms with E-state index < -0.39 is 20.9 Å². The SMILES string of the molecule is CN(C)S(=O)(=O)c1cccc(NC(=O)/C=C/c2ccc([N+](=O)[O-])cc2)c1. The molecule has 0 saturated heterocycles. The van der Waals surface area contributed by atoms with Crippen LogP contribution in [0.15, 0.2) is 59.5 Å². The fraction of sp³-hybridized carbons (Fsp3) is 0.118. The molecule has 2 aromatic carbocycles. The van der Waals surface area contributed by atoms with Crippen molar-refractivity contribution in [3.8, 4) is 0 Å². The lowest BCUT2D eigenvalue weighted by molar-refractivity contribution is -0.384. The van der Waals surface area contributed by atoms with Gasteiger partial charge in [-0.1, -0.05) is 6.07 Å². The quantitative estimate of drug-likeness (QED) is 0.474. The second-order valence-corrected chi connectivity index (χ2v) is 7.64. The molecule has 2 aromatic rings. The molecule has 136 valence electrons. The van der Waals surface area contributed by atoms with E-state index in [1.165, 1.54) is 68.7 Å². The number of amides is 1. The van der Waals surface area contributed by atoms with Gasteiger partial charge in [0.2, 0.25) is 15.9 Å². The van der Waals surface area contributed by atoms with Crippen LogP contribution in [0.4, 0.5) is 11.4 Å². The first kappa shape index (κ1) is 19.3. The Morgan fingerprint density at radius 2 is 1.81 bits per heavy atom. The molecule has 0 atom stereocenters. The van der Waals surface area contributed by atoms with Crippen LogP contribution in [0, 0.1) is 10.1 Å². The molecule has 0 aromatic heterocycles. The topological polar surface area (TPSA) is 110 Å². The Hall–Kier alpha value is -3.04. The third kappa shape index (κ3) is 4.74. The van der Waals surface area contributed by atoms with Crippen molar-refractivity contribution in [2.24, 2.45) is 0 Å². The first-order chi connectivity index (χ1) is 12.2. The highest BCUT2D eigenvalue weighted by molar-refractivity contribution is 7.89. The molecule has 0 unspecified atom stereocenters. The van der Waals surface area contributed by atoms with Gasteiger partial charge in [0.25, 0.3) is 5.69 Å². The number of nitrogens with one attached hydrogen (secondary N) is 1. The number of rotatable bonds is 6. The van der Waals surface area contributed by atoms with Gasteiger partial charge in [0.15, 0.2) is 0 Å². The van der Waals surface area contributed by atoms with Crippen molar-refractivity contribution < 1.29 is 18.1 Å². The number of nitro benzene ring substituents is 1. The third-order valence-corrected chi connectivity index (χ3v) is 5.22. The van der Waals surface area contributed by atoms with Gasteiger partial charge in [-0.05, 0) is 42.0 Å². The minimum atomic E-state index is -3.59. The zero-order valence-electron chi connectivity index (χ0n) is 14.1. The van der Waals surface area contributed by atoms with Crippen molar-refractivity contribution in [1.29, 1.82) is 0 Å². The summed E-state index contributed by atoms with van der Waals surface area (Å²) >= 11 is 0. The molecule has 2 rings (SSSR count). The van der Waals surface area contributed by atoms with Crippen LogP contribution in [-0.4, -0.2) is 37.6 Å². The Morgan fingerprint density at radius 1 is 1.15 bits per heavy atom. The van der Waals surface area contributed by atoms with E-state index in [4.69, 9.17) is 0 Å². The normalized spacial score (nSPS) is 11.7. The van der Waals surface area contributed by atoms with Gasteiger partial charge in [-0.2, -0.15) is 0 Å². The van der Waals surface area contributed by atoms with Crippen LogP contribution >= 0.6 is 0 Å². The molecule has 0 bridgehead atoms. The van der Waals surface area contributed by atoms with Gasteiger partial charge in [0.05, 0.1) is 9.82 Å². The predicted molar refractivity (Wildman–Crippen MR) is 98.1 cm³/mol. The largest absolute Gasteiger partial charge is 0.322 e. The highest BCUT2D eigenvalue weighted by Crippen LogP contribution is 2.18. The number of nitrogens with zero attached hydrogens (tertiary/aromatic N) is 2. The van der Waals surface area contributed by atoms with E-state index in [1.54, 1.807) is 6.07 Å². The summed E-state index contributed by atoms with van der Waals surface area (Å²) in [4.78, 5) is 22.2. The van der Waals surface area contributed by atoms with E-state index >= 15 is 0 Å². The van der Waals surface area contributed by atoms with Crippen LogP contribution < -0.4 is 5.32 Å². The van der Waals surface area contributed by atoms with Gasteiger partial charge in [0, 0.05) is 38.0 Å². The Bertz CT molecular complexity index is 951. The van der Waals surface area contributed by atoms with Crippen LogP contribution in [0.5, 0.6) is 0 Å². The van der Waals surface area contributed by atoms with Gasteiger partial charge in [-0.15, -0.1) is 0 Å². The van der Waals surface area contributed by atoms with Crippen molar-refractivity contribution in [3.63, 3.8) is 0 Å². The van der Waals surface area contributed by atoms with Gasteiger partial charge >= 0.3 is 0 Å². The summed E-state index contributed by atoms with van der Waals surface area (Å²) < 4.78 is 25.3. The van der Waals surface area contributed by atoms with Crippen LogP contribution in [0.25, 0.3) is 6.08 Å². The molecule has 0 aliphatic carbocycles. The van der Waals surface area contributed by atoms with E-state index in [9.17, 15) is 23.3 Å². The van der Waals surface area contributed by atoms with Gasteiger partial charge in [0.1, 0.15) is 0 Å². The minimum absolute atomic E-state index is 0.0366. The molecule has 0 saturated carbocycles. The summed E-state index contributed by atoms with van der Waals surface area (Å²) in [6, 6.07) is 11.6. The molecule has 26 heavy (non-hydrogen) atoms. The molecule has 0 fully saturated rings. The van der Waals surface area contributed by atoms with E-state index in [0.29, 0.717) is 11.3 Å². The van der Waals surface area contributed by atoms with Gasteiger partial charge < -0.3 is 5.32 Å². The fourth-order valence-electron chi connectivity index (χ4n) is 2.01. The maximum Gasteiger partial charge on any atom is 0.269 e. The van der Waals surface area contributed by atoms with Crippen molar-refractivity contribution in [2.75, 3.05) is 19.4 Å². The monoisotopic (exact) mass is 375 g/mol. The molecule has 0 spiro atoms. The average molecular weight is 375 g/mol. The Labute approximate surface area is 151 Å². The molecule has 8 nitrogen and oxygen atoms in total. The number of anilines is 1. The molecule has 1 N–H and O–H groups in total. The smallest absolute Gasteiger partial charge is 0.269 e. The van der Waals surface area contributed by atoms with E-state index in [2.05, 4.69) is 5.32 Å². The van der Waals surface area contributed by atoms with E-state index in [1.807, 2.05) is 0 Å². The summed E-state index contributed by atoms with van der Waals surface area (Å²) in [5.74, 6) is -0.456. The van der Waals surface area contributed by atoms with E-state index in [0.717, 1.165) is 4.31 Å². The molecule has 9 heteroatoms. The predicted octanol–water partition coefficient (Wildman–Crippen LogP) is 2.50. The third-order valence-electron chi connectivity index (χ3n) is 3.41. The molecule has 0 heterocycles. The summed E-state index contributed by atoms with van der Waals surface area (Å²) in [6.07, 6.45) is 2.76. The standard InChI is InChI=1S/C17H17N3O5S/c1-19(2)26(24,25)16-5-3-4-14(12-16)18-17(21)11-8-13-6-9-15(10-7-13)20(22)23/h3-12H,1-2H3,(H,18,21)/b11-8+. The number of sulfonamides is 1. The molecule has 0 radical (unpaired) electrons. The summed E-state index contributed by atoms with van der Waals surface area (Å²) in [5.41, 5.74) is 0.923. The number of carbonyl (C=O) groups is 1. The summed E-state index contributed by atoms with van der Waals surface area (Å²) in [5, 5.41) is 13.2. The van der Waals surface area contributed by atoms with Crippen LogP contribution in [0.3, 0.4) is 0 Å². The number of hydrogen-bond donors (Lipinski definition) is 1. The highest BCUT2D eigenvalue weighted by atomic mass is 32.2.